The molecule has 0 saturated heterocycles. The van der Waals surface area contributed by atoms with E-state index in [-0.39, 0.29) is 56.6 Å². The van der Waals surface area contributed by atoms with Crippen molar-refractivity contribution in [2.75, 3.05) is 0 Å². The van der Waals surface area contributed by atoms with Crippen LogP contribution in [0.4, 0.5) is 0 Å². The quantitative estimate of drug-likeness (QED) is 0.416. The number of hydrogen-bond donors (Lipinski definition) is 0. The second kappa shape index (κ2) is 11.8. The minimum Gasteiger partial charge on any atom is -0.0623 e. The fourth-order valence-electron chi connectivity index (χ4n) is 0.385. The van der Waals surface area contributed by atoms with E-state index >= 15 is 0 Å². The summed E-state index contributed by atoms with van der Waals surface area (Å²) in [5.41, 5.74) is 0. The van der Waals surface area contributed by atoms with E-state index in [1.54, 1.807) is 0 Å². The van der Waals surface area contributed by atoms with Gasteiger partial charge in [-0.1, -0.05) is 36.4 Å². The smallest absolute Gasteiger partial charge is 0 e. The molecule has 0 saturated carbocycles. The molecule has 3 radical (unpaired) electrons. The van der Waals surface area contributed by atoms with E-state index in [2.05, 4.69) is 0 Å². The van der Waals surface area contributed by atoms with Gasteiger partial charge in [-0.15, -0.1) is 0 Å². The number of hydrogen-bond acceptors (Lipinski definition) is 0. The molecule has 0 N–H and O–H groups in total. The Kier molecular flexibility index (Phi) is 21.6. The largest absolute Gasteiger partial charge is 0.0623 e. The van der Waals surface area contributed by atoms with Crippen molar-refractivity contribution in [2.45, 2.75) is 0 Å². The van der Waals surface area contributed by atoms with Gasteiger partial charge in [0.2, 0.25) is 0 Å². The summed E-state index contributed by atoms with van der Waals surface area (Å²) < 4.78 is 0. The molecule has 0 atom stereocenters. The van der Waals surface area contributed by atoms with E-state index in [0.29, 0.717) is 0 Å². The van der Waals surface area contributed by atoms with Gasteiger partial charge < -0.3 is 0 Å². The summed E-state index contributed by atoms with van der Waals surface area (Å²) in [7, 11) is 0. The topological polar surface area (TPSA) is 0 Å². The zero-order valence-corrected chi connectivity index (χ0v) is 6.46. The van der Waals surface area contributed by atoms with Crippen molar-refractivity contribution in [1.82, 2.24) is 0 Å². The molecule has 0 fully saturated rings. The van der Waals surface area contributed by atoms with Gasteiger partial charge in [0.1, 0.15) is 0 Å². The molecule has 0 aliphatic carbocycles. The molecule has 9 heavy (non-hydrogen) atoms. The van der Waals surface area contributed by atoms with Crippen LogP contribution in [-0.2, 0) is 0 Å². The number of benzene rings is 1. The molecule has 0 bridgehead atoms. The molecule has 0 spiro atoms. The zero-order chi connectivity index (χ0) is 4.24. The Hall–Kier alpha value is 1.01. The van der Waals surface area contributed by atoms with E-state index in [0.717, 1.165) is 0 Å². The summed E-state index contributed by atoms with van der Waals surface area (Å²) >= 11 is 0. The summed E-state index contributed by atoms with van der Waals surface area (Å²) in [5, 5.41) is 0. The normalized spacial score (nSPS) is 5.33. The summed E-state index contributed by atoms with van der Waals surface area (Å²) in [5.74, 6) is 0. The van der Waals surface area contributed by atoms with Crippen molar-refractivity contribution in [2.24, 2.45) is 0 Å². The molecule has 33 valence electrons. The van der Waals surface area contributed by atoms with Crippen LogP contribution in [0.3, 0.4) is 0 Å². The SMILES string of the molecule is [Li].[Li].[Li].c1ccccc1. The Morgan fingerprint density at radius 2 is 0.444 bits per heavy atom. The van der Waals surface area contributed by atoms with Crippen molar-refractivity contribution in [3.8, 4) is 0 Å². The molecule has 0 aliphatic heterocycles. The summed E-state index contributed by atoms with van der Waals surface area (Å²) in [6.45, 7) is 0. The molecule has 0 unspecified atom stereocenters. The minimum absolute atomic E-state index is 0. The van der Waals surface area contributed by atoms with Gasteiger partial charge in [0.25, 0.3) is 0 Å². The van der Waals surface area contributed by atoms with Crippen LogP contribution in [0.1, 0.15) is 0 Å². The van der Waals surface area contributed by atoms with E-state index < -0.39 is 0 Å². The molecular formula is C6H6Li3. The van der Waals surface area contributed by atoms with Gasteiger partial charge in [-0.3, -0.25) is 0 Å². The van der Waals surface area contributed by atoms with Crippen LogP contribution in [0, 0.1) is 0 Å². The number of rotatable bonds is 0. The maximum absolute atomic E-state index is 2.00. The molecule has 3 heteroatoms. The summed E-state index contributed by atoms with van der Waals surface area (Å²) in [4.78, 5) is 0. The summed E-state index contributed by atoms with van der Waals surface area (Å²) in [6, 6.07) is 12.0. The van der Waals surface area contributed by atoms with Crippen LogP contribution in [-0.4, -0.2) is 56.6 Å². The average Bonchev–Trinajstić information content (AvgIpc) is 1.72. The minimum atomic E-state index is 0. The van der Waals surface area contributed by atoms with Gasteiger partial charge in [0, 0.05) is 56.6 Å². The third-order valence-electron chi connectivity index (χ3n) is 0.667. The zero-order valence-electron chi connectivity index (χ0n) is 6.46. The van der Waals surface area contributed by atoms with Crippen LogP contribution in [0.5, 0.6) is 0 Å². The van der Waals surface area contributed by atoms with Crippen LogP contribution in [0.15, 0.2) is 36.4 Å². The van der Waals surface area contributed by atoms with Gasteiger partial charge >= 0.3 is 0 Å². The van der Waals surface area contributed by atoms with Crippen molar-refractivity contribution in [3.05, 3.63) is 36.4 Å². The fraction of sp³-hybridized carbons (Fsp3) is 0. The van der Waals surface area contributed by atoms with Gasteiger partial charge in [-0.25, -0.2) is 0 Å². The van der Waals surface area contributed by atoms with Crippen LogP contribution >= 0.6 is 0 Å². The second-order valence-electron chi connectivity index (χ2n) is 1.15. The molecule has 0 heterocycles. The van der Waals surface area contributed by atoms with E-state index in [4.69, 9.17) is 0 Å². The molecule has 0 nitrogen and oxygen atoms in total. The van der Waals surface area contributed by atoms with E-state index in [9.17, 15) is 0 Å². The Morgan fingerprint density at radius 3 is 0.556 bits per heavy atom. The first-order chi connectivity index (χ1) is 3.00. The molecule has 1 aromatic carbocycles. The first-order valence-electron chi connectivity index (χ1n) is 2.00. The average molecular weight is 98.9 g/mol. The maximum atomic E-state index is 2.00. The second-order valence-corrected chi connectivity index (χ2v) is 1.15. The third-order valence-corrected chi connectivity index (χ3v) is 0.667. The van der Waals surface area contributed by atoms with Gasteiger partial charge in [-0.2, -0.15) is 0 Å². The van der Waals surface area contributed by atoms with Crippen LogP contribution in [0.25, 0.3) is 0 Å². The predicted octanol–water partition coefficient (Wildman–Crippen LogP) is 0.544. The summed E-state index contributed by atoms with van der Waals surface area (Å²) in [6.07, 6.45) is 0. The van der Waals surface area contributed by atoms with Gasteiger partial charge in [0.05, 0.1) is 0 Å². The monoisotopic (exact) mass is 99.1 g/mol. The van der Waals surface area contributed by atoms with E-state index in [1.165, 1.54) is 0 Å². The Bertz CT molecular complexity index is 80.2. The van der Waals surface area contributed by atoms with Crippen LogP contribution in [0.2, 0.25) is 0 Å². The molecule has 1 aromatic rings. The first-order valence-corrected chi connectivity index (χ1v) is 2.00. The van der Waals surface area contributed by atoms with Crippen molar-refractivity contribution >= 4 is 56.6 Å². The Labute approximate surface area is 92.3 Å². The van der Waals surface area contributed by atoms with E-state index in [1.807, 2.05) is 36.4 Å². The van der Waals surface area contributed by atoms with Gasteiger partial charge in [-0.05, 0) is 0 Å². The molecule has 0 aliphatic rings. The molecule has 1 rings (SSSR count). The molecular weight excluding hydrogens is 92.9 g/mol. The molecule has 0 aromatic heterocycles. The van der Waals surface area contributed by atoms with Crippen LogP contribution < -0.4 is 0 Å². The van der Waals surface area contributed by atoms with Crippen molar-refractivity contribution in [3.63, 3.8) is 0 Å². The molecule has 0 amide bonds. The van der Waals surface area contributed by atoms with Crippen molar-refractivity contribution < 1.29 is 0 Å². The third kappa shape index (κ3) is 9.01. The standard InChI is InChI=1S/C6H6.3Li/c1-2-4-6-5-3-1;;;/h1-6H;;;. The van der Waals surface area contributed by atoms with Gasteiger partial charge in [0.15, 0.2) is 0 Å². The fourth-order valence-corrected chi connectivity index (χ4v) is 0.385. The predicted molar refractivity (Wildman–Crippen MR) is 43.7 cm³/mol. The Balaban J connectivity index is -0.000000120. The first kappa shape index (κ1) is 16.5. The maximum Gasteiger partial charge on any atom is 0 e. The van der Waals surface area contributed by atoms with Crippen molar-refractivity contribution in [1.29, 1.82) is 0 Å². The Morgan fingerprint density at radius 1 is 0.333 bits per heavy atom.